The molecule has 0 fully saturated rings. The van der Waals surface area contributed by atoms with Gasteiger partial charge in [-0.2, -0.15) is 11.8 Å². The minimum absolute atomic E-state index is 0.584. The van der Waals surface area contributed by atoms with Gasteiger partial charge >= 0.3 is 0 Å². The molecule has 0 N–H and O–H groups in total. The third kappa shape index (κ3) is 5.61. The van der Waals surface area contributed by atoms with Crippen molar-refractivity contribution >= 4 is 34.4 Å². The molecular weight excluding hydrogens is 283 g/mol. The fourth-order valence-corrected chi connectivity index (χ4v) is 2.64. The molecule has 12 heavy (non-hydrogen) atoms. The summed E-state index contributed by atoms with van der Waals surface area (Å²) in [6.45, 7) is 0. The van der Waals surface area contributed by atoms with Crippen molar-refractivity contribution in [2.24, 2.45) is 0 Å². The molecule has 0 aromatic rings. The van der Waals surface area contributed by atoms with Crippen molar-refractivity contribution in [2.75, 3.05) is 37.7 Å². The summed E-state index contributed by atoms with van der Waals surface area (Å²) < 4.78 is 1.20. The third-order valence-corrected chi connectivity index (χ3v) is 3.79. The molecule has 0 heterocycles. The van der Waals surface area contributed by atoms with Gasteiger partial charge in [-0.3, -0.25) is 9.80 Å². The first-order valence-electron chi connectivity index (χ1n) is 4.06. The first-order chi connectivity index (χ1) is 5.59. The molecule has 0 saturated heterocycles. The molecule has 0 aliphatic rings. The quantitative estimate of drug-likeness (QED) is 0.320. The monoisotopic (exact) mass is 302 g/mol. The highest BCUT2D eigenvalue weighted by molar-refractivity contribution is 14.1. The summed E-state index contributed by atoms with van der Waals surface area (Å²) in [4.78, 5) is 4.54. The molecule has 0 spiro atoms. The van der Waals surface area contributed by atoms with Gasteiger partial charge in [-0.15, -0.1) is 0 Å². The molecule has 0 aliphatic heterocycles. The minimum Gasteiger partial charge on any atom is -0.294 e. The minimum atomic E-state index is 0.584. The summed E-state index contributed by atoms with van der Waals surface area (Å²) in [5, 5.41) is 0. The van der Waals surface area contributed by atoms with Gasteiger partial charge in [0.15, 0.2) is 0 Å². The maximum atomic E-state index is 2.40. The predicted molar refractivity (Wildman–Crippen MR) is 67.1 cm³/mol. The molecular formula is C8H19IN2S. The Kier molecular flexibility index (Phi) is 8.03. The maximum absolute atomic E-state index is 2.40. The van der Waals surface area contributed by atoms with E-state index in [0.29, 0.717) is 6.17 Å². The fraction of sp³-hybridized carbons (Fsp3) is 1.00. The first kappa shape index (κ1) is 13.0. The Bertz CT molecular complexity index is 101. The highest BCUT2D eigenvalue weighted by Crippen LogP contribution is 2.11. The van der Waals surface area contributed by atoms with Crippen LogP contribution in [-0.4, -0.2) is 53.7 Å². The lowest BCUT2D eigenvalue weighted by molar-refractivity contribution is 0.126. The van der Waals surface area contributed by atoms with E-state index in [9.17, 15) is 0 Å². The Hall–Kier alpha value is 1.00. The molecule has 4 heteroatoms. The van der Waals surface area contributed by atoms with E-state index in [-0.39, 0.29) is 0 Å². The molecule has 0 amide bonds. The van der Waals surface area contributed by atoms with E-state index in [1.807, 2.05) is 11.8 Å². The Labute approximate surface area is 94.2 Å². The Morgan fingerprint density at radius 2 is 1.67 bits per heavy atom. The number of nitrogens with zero attached hydrogens (tertiary/aromatic N) is 2. The van der Waals surface area contributed by atoms with Crippen LogP contribution in [0.15, 0.2) is 0 Å². The van der Waals surface area contributed by atoms with E-state index in [1.54, 1.807) is 0 Å². The number of hydrogen-bond acceptors (Lipinski definition) is 3. The van der Waals surface area contributed by atoms with Crippen molar-refractivity contribution in [3.8, 4) is 0 Å². The van der Waals surface area contributed by atoms with Gasteiger partial charge in [0.2, 0.25) is 0 Å². The fourth-order valence-electron chi connectivity index (χ4n) is 1.22. The molecule has 0 aromatic heterocycles. The normalized spacial score (nSPS) is 12.0. The van der Waals surface area contributed by atoms with Crippen LogP contribution in [0.25, 0.3) is 0 Å². The molecule has 2 nitrogen and oxygen atoms in total. The van der Waals surface area contributed by atoms with Crippen LogP contribution >= 0.6 is 34.4 Å². The zero-order valence-corrected chi connectivity index (χ0v) is 11.4. The molecule has 0 bridgehead atoms. The van der Waals surface area contributed by atoms with Crippen molar-refractivity contribution in [3.63, 3.8) is 0 Å². The van der Waals surface area contributed by atoms with E-state index in [0.717, 1.165) is 0 Å². The summed E-state index contributed by atoms with van der Waals surface area (Å²) in [6.07, 6.45) is 1.83. The molecule has 0 atom stereocenters. The lowest BCUT2D eigenvalue weighted by Gasteiger charge is -2.30. The van der Waals surface area contributed by atoms with Crippen LogP contribution in [0, 0.1) is 0 Å². The summed E-state index contributed by atoms with van der Waals surface area (Å²) in [7, 11) is 8.55. The number of hydrogen-bond donors (Lipinski definition) is 0. The van der Waals surface area contributed by atoms with E-state index >= 15 is 0 Å². The molecule has 0 radical (unpaired) electrons. The third-order valence-electron chi connectivity index (χ3n) is 1.79. The molecule has 0 aromatic carbocycles. The number of thioether (sulfide) groups is 1. The summed E-state index contributed by atoms with van der Waals surface area (Å²) >= 11 is 4.41. The molecule has 0 rings (SSSR count). The largest absolute Gasteiger partial charge is 0.294 e. The highest BCUT2D eigenvalue weighted by Gasteiger charge is 2.12. The van der Waals surface area contributed by atoms with Gasteiger partial charge in [-0.05, 0) is 40.4 Å². The van der Waals surface area contributed by atoms with E-state index in [1.165, 1.54) is 15.9 Å². The van der Waals surface area contributed by atoms with Crippen molar-refractivity contribution in [1.82, 2.24) is 9.80 Å². The second-order valence-electron chi connectivity index (χ2n) is 3.21. The van der Waals surface area contributed by atoms with Crippen molar-refractivity contribution < 1.29 is 0 Å². The topological polar surface area (TPSA) is 6.48 Å². The van der Waals surface area contributed by atoms with Gasteiger partial charge < -0.3 is 0 Å². The average Bonchev–Trinajstić information content (AvgIpc) is 1.96. The van der Waals surface area contributed by atoms with Crippen LogP contribution in [0.2, 0.25) is 0 Å². The van der Waals surface area contributed by atoms with Gasteiger partial charge in [0.25, 0.3) is 0 Å². The van der Waals surface area contributed by atoms with E-state index in [4.69, 9.17) is 0 Å². The van der Waals surface area contributed by atoms with E-state index < -0.39 is 0 Å². The lowest BCUT2D eigenvalue weighted by atomic mass is 10.3. The van der Waals surface area contributed by atoms with Gasteiger partial charge in [0.05, 0.1) is 6.17 Å². The van der Waals surface area contributed by atoms with Crippen molar-refractivity contribution in [1.29, 1.82) is 0 Å². The van der Waals surface area contributed by atoms with Crippen LogP contribution in [0.1, 0.15) is 6.42 Å². The van der Waals surface area contributed by atoms with Crippen molar-refractivity contribution in [2.45, 2.75) is 12.6 Å². The van der Waals surface area contributed by atoms with Crippen LogP contribution < -0.4 is 0 Å². The SMILES string of the molecule is CN(C)C(CCSCI)N(C)C. The molecule has 74 valence electrons. The summed E-state index contributed by atoms with van der Waals surface area (Å²) in [5.74, 6) is 1.25. The average molecular weight is 302 g/mol. The van der Waals surface area contributed by atoms with Crippen LogP contribution in [-0.2, 0) is 0 Å². The first-order valence-corrected chi connectivity index (χ1v) is 6.74. The number of alkyl halides is 1. The second kappa shape index (κ2) is 7.41. The van der Waals surface area contributed by atoms with Gasteiger partial charge in [-0.1, -0.05) is 22.6 Å². The number of rotatable bonds is 6. The number of halogens is 1. The van der Waals surface area contributed by atoms with Crippen LogP contribution in [0.4, 0.5) is 0 Å². The van der Waals surface area contributed by atoms with Gasteiger partial charge in [0, 0.05) is 3.76 Å². The Balaban J connectivity index is 3.64. The Morgan fingerprint density at radius 1 is 1.17 bits per heavy atom. The smallest absolute Gasteiger partial charge is 0.0620 e. The zero-order chi connectivity index (χ0) is 9.56. The van der Waals surface area contributed by atoms with Crippen LogP contribution in [0.3, 0.4) is 0 Å². The van der Waals surface area contributed by atoms with Gasteiger partial charge in [-0.25, -0.2) is 0 Å². The maximum Gasteiger partial charge on any atom is 0.0620 e. The predicted octanol–water partition coefficient (Wildman–Crippen LogP) is 1.95. The Morgan fingerprint density at radius 3 is 2.00 bits per heavy atom. The van der Waals surface area contributed by atoms with Crippen LogP contribution in [0.5, 0.6) is 0 Å². The summed E-state index contributed by atoms with van der Waals surface area (Å²) in [5.41, 5.74) is 0. The highest BCUT2D eigenvalue weighted by atomic mass is 127. The van der Waals surface area contributed by atoms with E-state index in [2.05, 4.69) is 60.6 Å². The standard InChI is InChI=1S/C8H19IN2S/c1-10(2)8(11(3)4)5-6-12-7-9/h8H,5-7H2,1-4H3. The van der Waals surface area contributed by atoms with Crippen molar-refractivity contribution in [3.05, 3.63) is 0 Å². The van der Waals surface area contributed by atoms with Gasteiger partial charge in [0.1, 0.15) is 0 Å². The molecule has 0 unspecified atom stereocenters. The summed E-state index contributed by atoms with van der Waals surface area (Å²) in [6, 6.07) is 0. The molecule has 0 aliphatic carbocycles. The lowest BCUT2D eigenvalue weighted by Crippen LogP contribution is -2.40. The zero-order valence-electron chi connectivity index (χ0n) is 8.38. The molecule has 0 saturated carbocycles. The second-order valence-corrected chi connectivity index (χ2v) is 6.12.